The van der Waals surface area contributed by atoms with Crippen LogP contribution in [0.2, 0.25) is 0 Å². The zero-order valence-electron chi connectivity index (χ0n) is 7.72. The van der Waals surface area contributed by atoms with E-state index in [1.54, 1.807) is 0 Å². The van der Waals surface area contributed by atoms with Gasteiger partial charge in [0.05, 0.1) is 39.6 Å². The number of aliphatic hydroxyl groups is 1. The molecule has 0 aromatic rings. The van der Waals surface area contributed by atoms with Crippen molar-refractivity contribution in [2.75, 3.05) is 39.6 Å². The molecule has 86 valence electrons. The van der Waals surface area contributed by atoms with Gasteiger partial charge in [-0.05, 0) is 0 Å². The van der Waals surface area contributed by atoms with Crippen molar-refractivity contribution in [2.45, 2.75) is 0 Å². The molecule has 0 saturated heterocycles. The number of rotatable bonds is 9. The average molecular weight is 229 g/mol. The van der Waals surface area contributed by atoms with E-state index >= 15 is 0 Å². The predicted molar refractivity (Wildman–Crippen MR) is 47.8 cm³/mol. The maximum Gasteiger partial charge on any atom is 0.333 e. The monoisotopic (exact) mass is 229 g/mol. The molecule has 8 heteroatoms. The summed E-state index contributed by atoms with van der Waals surface area (Å²) in [5.74, 6) is 0. The van der Waals surface area contributed by atoms with Gasteiger partial charge in [-0.15, -0.1) is 0 Å². The molecule has 0 radical (unpaired) electrons. The van der Waals surface area contributed by atoms with Gasteiger partial charge in [-0.3, -0.25) is 4.18 Å². The minimum absolute atomic E-state index is 0.0332. The Morgan fingerprint density at radius 2 is 1.50 bits per heavy atom. The van der Waals surface area contributed by atoms with Crippen LogP contribution in [0.3, 0.4) is 0 Å². The second-order valence-electron chi connectivity index (χ2n) is 2.26. The maximum atomic E-state index is 10.3. The van der Waals surface area contributed by atoms with Crippen LogP contribution < -0.4 is 5.14 Å². The molecule has 0 atom stereocenters. The van der Waals surface area contributed by atoms with E-state index in [0.717, 1.165) is 0 Å². The van der Waals surface area contributed by atoms with Crippen molar-refractivity contribution in [1.82, 2.24) is 0 Å². The van der Waals surface area contributed by atoms with Crippen LogP contribution in [0.5, 0.6) is 0 Å². The van der Waals surface area contributed by atoms with Gasteiger partial charge < -0.3 is 14.6 Å². The summed E-state index contributed by atoms with van der Waals surface area (Å²) in [5.41, 5.74) is 0. The van der Waals surface area contributed by atoms with Crippen molar-refractivity contribution < 1.29 is 27.2 Å². The number of hydrogen-bond donors (Lipinski definition) is 2. The molecule has 0 aliphatic carbocycles. The summed E-state index contributed by atoms with van der Waals surface area (Å²) in [7, 11) is -3.87. The Kier molecular flexibility index (Phi) is 7.95. The third kappa shape index (κ3) is 11.8. The highest BCUT2D eigenvalue weighted by Gasteiger charge is 2.00. The standard InChI is InChI=1S/C6H15NO6S/c7-14(9,10)13-6-5-12-4-3-11-2-1-8/h8H,1-6H2,(H2,7,9,10). The fourth-order valence-corrected chi connectivity index (χ4v) is 0.896. The molecule has 0 bridgehead atoms. The van der Waals surface area contributed by atoms with E-state index in [1.165, 1.54) is 0 Å². The topological polar surface area (TPSA) is 108 Å². The van der Waals surface area contributed by atoms with Gasteiger partial charge in [0.2, 0.25) is 0 Å². The first-order chi connectivity index (χ1) is 6.56. The van der Waals surface area contributed by atoms with Crippen LogP contribution >= 0.6 is 0 Å². The summed E-state index contributed by atoms with van der Waals surface area (Å²) in [6.45, 7) is 0.896. The highest BCUT2D eigenvalue weighted by atomic mass is 32.2. The third-order valence-corrected chi connectivity index (χ3v) is 1.58. The summed E-state index contributed by atoms with van der Waals surface area (Å²) in [4.78, 5) is 0. The van der Waals surface area contributed by atoms with Crippen molar-refractivity contribution in [3.8, 4) is 0 Å². The first-order valence-electron chi connectivity index (χ1n) is 4.00. The minimum atomic E-state index is -3.87. The quantitative estimate of drug-likeness (QED) is 0.453. The van der Waals surface area contributed by atoms with Gasteiger partial charge in [0.15, 0.2) is 0 Å². The van der Waals surface area contributed by atoms with E-state index in [4.69, 9.17) is 14.6 Å². The highest BCUT2D eigenvalue weighted by Crippen LogP contribution is 1.83. The molecule has 0 aromatic carbocycles. The van der Waals surface area contributed by atoms with E-state index in [2.05, 4.69) is 9.32 Å². The summed E-state index contributed by atoms with van der Waals surface area (Å²) in [6, 6.07) is 0. The minimum Gasteiger partial charge on any atom is -0.394 e. The van der Waals surface area contributed by atoms with E-state index in [9.17, 15) is 8.42 Å². The van der Waals surface area contributed by atoms with Crippen molar-refractivity contribution >= 4 is 10.3 Å². The van der Waals surface area contributed by atoms with Crippen LogP contribution in [-0.2, 0) is 24.0 Å². The zero-order valence-corrected chi connectivity index (χ0v) is 8.53. The fraction of sp³-hybridized carbons (Fsp3) is 1.00. The van der Waals surface area contributed by atoms with Gasteiger partial charge in [-0.1, -0.05) is 0 Å². The van der Waals surface area contributed by atoms with Crippen molar-refractivity contribution in [3.05, 3.63) is 0 Å². The van der Waals surface area contributed by atoms with Crippen molar-refractivity contribution in [1.29, 1.82) is 0 Å². The second kappa shape index (κ2) is 8.09. The van der Waals surface area contributed by atoms with Gasteiger partial charge in [0, 0.05) is 0 Å². The summed E-state index contributed by atoms with van der Waals surface area (Å²) in [5, 5.41) is 12.9. The molecule has 0 saturated carbocycles. The largest absolute Gasteiger partial charge is 0.394 e. The zero-order chi connectivity index (χ0) is 10.9. The van der Waals surface area contributed by atoms with E-state index in [0.29, 0.717) is 13.2 Å². The Hall–Kier alpha value is -0.250. The molecule has 7 nitrogen and oxygen atoms in total. The second-order valence-corrected chi connectivity index (χ2v) is 3.48. The molecule has 0 unspecified atom stereocenters. The highest BCUT2D eigenvalue weighted by molar-refractivity contribution is 7.84. The number of hydrogen-bond acceptors (Lipinski definition) is 6. The summed E-state index contributed by atoms with van der Waals surface area (Å²) < 4.78 is 34.5. The molecule has 0 amide bonds. The molecule has 0 aromatic heterocycles. The van der Waals surface area contributed by atoms with E-state index in [1.807, 2.05) is 0 Å². The van der Waals surface area contributed by atoms with Gasteiger partial charge in [0.25, 0.3) is 0 Å². The fourth-order valence-electron chi connectivity index (χ4n) is 0.596. The average Bonchev–Trinajstić information content (AvgIpc) is 2.08. The number of ether oxygens (including phenoxy) is 2. The van der Waals surface area contributed by atoms with Crippen LogP contribution in [0, 0.1) is 0 Å². The van der Waals surface area contributed by atoms with Crippen LogP contribution in [0.15, 0.2) is 0 Å². The first-order valence-corrected chi connectivity index (χ1v) is 5.47. The Labute approximate surface area is 83.0 Å². The summed E-state index contributed by atoms with van der Waals surface area (Å²) in [6.07, 6.45) is 0. The lowest BCUT2D eigenvalue weighted by Crippen LogP contribution is -2.19. The predicted octanol–water partition coefficient (Wildman–Crippen LogP) is -1.77. The Morgan fingerprint density at radius 1 is 1.00 bits per heavy atom. The Balaban J connectivity index is 3.07. The molecule has 0 rings (SSSR count). The van der Waals surface area contributed by atoms with Crippen LogP contribution in [0.1, 0.15) is 0 Å². The van der Waals surface area contributed by atoms with Crippen molar-refractivity contribution in [2.24, 2.45) is 5.14 Å². The van der Waals surface area contributed by atoms with Crippen LogP contribution in [0.4, 0.5) is 0 Å². The van der Waals surface area contributed by atoms with Gasteiger partial charge >= 0.3 is 10.3 Å². The number of aliphatic hydroxyl groups excluding tert-OH is 1. The van der Waals surface area contributed by atoms with Gasteiger partial charge in [0.1, 0.15) is 0 Å². The maximum absolute atomic E-state index is 10.3. The SMILES string of the molecule is NS(=O)(=O)OCCOCCOCCO. The summed E-state index contributed by atoms with van der Waals surface area (Å²) >= 11 is 0. The van der Waals surface area contributed by atoms with Gasteiger partial charge in [-0.2, -0.15) is 8.42 Å². The molecule has 14 heavy (non-hydrogen) atoms. The van der Waals surface area contributed by atoms with E-state index < -0.39 is 10.3 Å². The molecule has 0 heterocycles. The molecular formula is C6H15NO6S. The first kappa shape index (κ1) is 13.8. The van der Waals surface area contributed by atoms with Crippen LogP contribution in [-0.4, -0.2) is 53.2 Å². The Morgan fingerprint density at radius 3 is 2.00 bits per heavy atom. The van der Waals surface area contributed by atoms with Crippen molar-refractivity contribution in [3.63, 3.8) is 0 Å². The molecule has 0 aliphatic heterocycles. The molecule has 0 aliphatic rings. The lowest BCUT2D eigenvalue weighted by atomic mass is 10.7. The van der Waals surface area contributed by atoms with E-state index in [-0.39, 0.29) is 26.4 Å². The lowest BCUT2D eigenvalue weighted by molar-refractivity contribution is 0.0252. The third-order valence-electron chi connectivity index (χ3n) is 1.08. The molecule has 0 fully saturated rings. The Bertz CT molecular complexity index is 216. The molecule has 0 spiro atoms. The molecule has 3 N–H and O–H groups in total. The smallest absolute Gasteiger partial charge is 0.333 e. The number of nitrogens with two attached hydrogens (primary N) is 1. The normalized spacial score (nSPS) is 11.9. The van der Waals surface area contributed by atoms with Gasteiger partial charge in [-0.25, -0.2) is 5.14 Å². The van der Waals surface area contributed by atoms with Crippen LogP contribution in [0.25, 0.3) is 0 Å². The lowest BCUT2D eigenvalue weighted by Gasteiger charge is -2.04. The molecular weight excluding hydrogens is 214 g/mol.